The fourth-order valence-electron chi connectivity index (χ4n) is 2.56. The van der Waals surface area contributed by atoms with Crippen LogP contribution in [0.15, 0.2) is 0 Å². The van der Waals surface area contributed by atoms with Gasteiger partial charge in [-0.25, -0.2) is 0 Å². The van der Waals surface area contributed by atoms with Crippen LogP contribution in [0.2, 0.25) is 0 Å². The molecule has 0 bridgehead atoms. The first-order chi connectivity index (χ1) is 6.66. The van der Waals surface area contributed by atoms with Crippen LogP contribution < -0.4 is 5.32 Å². The number of carbonyl (C=O) groups is 1. The number of nitrogens with zero attached hydrogens (tertiary/aromatic N) is 1. The van der Waals surface area contributed by atoms with Gasteiger partial charge in [0.2, 0.25) is 5.91 Å². The lowest BCUT2D eigenvalue weighted by molar-refractivity contribution is -0.139. The lowest BCUT2D eigenvalue weighted by atomic mass is 9.90. The molecule has 2 saturated heterocycles. The van der Waals surface area contributed by atoms with Crippen LogP contribution in [-0.2, 0) is 4.79 Å². The van der Waals surface area contributed by atoms with E-state index in [1.54, 1.807) is 0 Å². The summed E-state index contributed by atoms with van der Waals surface area (Å²) < 4.78 is 0. The predicted molar refractivity (Wildman–Crippen MR) is 55.9 cm³/mol. The number of nitrogens with one attached hydrogen (secondary N) is 1. The fourth-order valence-corrected chi connectivity index (χ4v) is 2.56. The summed E-state index contributed by atoms with van der Waals surface area (Å²) in [4.78, 5) is 14.0. The highest BCUT2D eigenvalue weighted by Gasteiger charge is 2.32. The third-order valence-corrected chi connectivity index (χ3v) is 3.31. The molecule has 0 aromatic heterocycles. The van der Waals surface area contributed by atoms with Crippen LogP contribution in [0.5, 0.6) is 0 Å². The summed E-state index contributed by atoms with van der Waals surface area (Å²) >= 11 is 0. The molecule has 2 aliphatic rings. The van der Waals surface area contributed by atoms with E-state index in [0.29, 0.717) is 17.7 Å². The summed E-state index contributed by atoms with van der Waals surface area (Å²) in [5.74, 6) is 2.00. The van der Waals surface area contributed by atoms with E-state index in [2.05, 4.69) is 24.1 Å². The van der Waals surface area contributed by atoms with Crippen LogP contribution in [0.4, 0.5) is 0 Å². The molecule has 80 valence electrons. The predicted octanol–water partition coefficient (Wildman–Crippen LogP) is 0.710. The van der Waals surface area contributed by atoms with E-state index in [-0.39, 0.29) is 5.92 Å². The number of carbonyl (C=O) groups excluding carboxylic acids is 1. The Balaban J connectivity index is 1.92. The van der Waals surface area contributed by atoms with E-state index in [0.717, 1.165) is 26.2 Å². The Kier molecular flexibility index (Phi) is 2.77. The zero-order valence-corrected chi connectivity index (χ0v) is 9.12. The van der Waals surface area contributed by atoms with Gasteiger partial charge in [-0.2, -0.15) is 0 Å². The summed E-state index contributed by atoms with van der Waals surface area (Å²) in [7, 11) is 0. The van der Waals surface area contributed by atoms with Gasteiger partial charge in [-0.3, -0.25) is 4.79 Å². The molecule has 0 aliphatic carbocycles. The zero-order chi connectivity index (χ0) is 10.1. The van der Waals surface area contributed by atoms with E-state index < -0.39 is 0 Å². The lowest BCUT2D eigenvalue weighted by Gasteiger charge is -2.39. The molecule has 2 fully saturated rings. The van der Waals surface area contributed by atoms with Crippen LogP contribution in [0.1, 0.15) is 20.3 Å². The average molecular weight is 196 g/mol. The van der Waals surface area contributed by atoms with Crippen LogP contribution >= 0.6 is 0 Å². The second kappa shape index (κ2) is 3.89. The summed E-state index contributed by atoms with van der Waals surface area (Å²) in [6.45, 7) is 8.21. The highest BCUT2D eigenvalue weighted by atomic mass is 16.2. The molecule has 2 rings (SSSR count). The largest absolute Gasteiger partial charge is 0.342 e. The first-order valence-corrected chi connectivity index (χ1v) is 5.66. The first kappa shape index (κ1) is 9.97. The minimum atomic E-state index is 0.271. The second-order valence-electron chi connectivity index (χ2n) is 5.04. The van der Waals surface area contributed by atoms with Gasteiger partial charge in [0.1, 0.15) is 0 Å². The van der Waals surface area contributed by atoms with E-state index >= 15 is 0 Å². The summed E-state index contributed by atoms with van der Waals surface area (Å²) in [5.41, 5.74) is 0. The molecule has 3 nitrogen and oxygen atoms in total. The molecule has 1 amide bonds. The van der Waals surface area contributed by atoms with Crippen molar-refractivity contribution >= 4 is 5.91 Å². The number of piperidine rings is 1. The monoisotopic (exact) mass is 196 g/mol. The van der Waals surface area contributed by atoms with Crippen molar-refractivity contribution in [3.63, 3.8) is 0 Å². The maximum Gasteiger partial charge on any atom is 0.228 e. The van der Waals surface area contributed by atoms with Crippen LogP contribution in [0, 0.1) is 17.8 Å². The molecule has 0 aromatic carbocycles. The van der Waals surface area contributed by atoms with Crippen LogP contribution in [0.3, 0.4) is 0 Å². The maximum atomic E-state index is 12.0. The molecular formula is C11H20N2O. The number of hydrogen-bond donors (Lipinski definition) is 1. The van der Waals surface area contributed by atoms with Crippen molar-refractivity contribution in [1.82, 2.24) is 10.2 Å². The molecule has 2 atom stereocenters. The third-order valence-electron chi connectivity index (χ3n) is 3.31. The molecule has 3 heteroatoms. The Morgan fingerprint density at radius 1 is 1.21 bits per heavy atom. The molecule has 2 aliphatic heterocycles. The van der Waals surface area contributed by atoms with Gasteiger partial charge >= 0.3 is 0 Å². The van der Waals surface area contributed by atoms with Gasteiger partial charge in [-0.15, -0.1) is 0 Å². The van der Waals surface area contributed by atoms with Gasteiger partial charge in [0.25, 0.3) is 0 Å². The highest BCUT2D eigenvalue weighted by Crippen LogP contribution is 2.22. The maximum absolute atomic E-state index is 12.0. The Bertz CT molecular complexity index is 215. The van der Waals surface area contributed by atoms with Crippen molar-refractivity contribution in [2.45, 2.75) is 20.3 Å². The topological polar surface area (TPSA) is 32.3 Å². The SMILES string of the molecule is C[C@@H]1C[C@@H](C)CN(C(=O)C2CNC2)C1. The number of rotatable bonds is 1. The molecule has 1 N–H and O–H groups in total. The number of amides is 1. The van der Waals surface area contributed by atoms with Gasteiger partial charge in [0.05, 0.1) is 5.92 Å². The van der Waals surface area contributed by atoms with E-state index in [4.69, 9.17) is 0 Å². The van der Waals surface area contributed by atoms with E-state index in [1.807, 2.05) is 0 Å². The fraction of sp³-hybridized carbons (Fsp3) is 0.909. The molecule has 2 heterocycles. The van der Waals surface area contributed by atoms with Crippen molar-refractivity contribution in [2.75, 3.05) is 26.2 Å². The van der Waals surface area contributed by atoms with Crippen LogP contribution in [-0.4, -0.2) is 37.0 Å². The number of likely N-dealkylation sites (tertiary alicyclic amines) is 1. The standard InChI is InChI=1S/C11H20N2O/c1-8-3-9(2)7-13(6-8)11(14)10-4-12-5-10/h8-10,12H,3-7H2,1-2H3/t8-,9-/m1/s1. The van der Waals surface area contributed by atoms with Gasteiger partial charge in [0.15, 0.2) is 0 Å². The lowest BCUT2D eigenvalue weighted by Crippen LogP contribution is -2.54. The molecule has 0 saturated carbocycles. The summed E-state index contributed by atoms with van der Waals surface area (Å²) in [6.07, 6.45) is 1.27. The van der Waals surface area contributed by atoms with Crippen molar-refractivity contribution in [3.8, 4) is 0 Å². The normalized spacial score (nSPS) is 34.0. The Hall–Kier alpha value is -0.570. The smallest absolute Gasteiger partial charge is 0.228 e. The minimum absolute atomic E-state index is 0.271. The second-order valence-corrected chi connectivity index (χ2v) is 5.04. The van der Waals surface area contributed by atoms with Gasteiger partial charge in [-0.05, 0) is 18.3 Å². The molecule has 14 heavy (non-hydrogen) atoms. The average Bonchev–Trinajstić information content (AvgIpc) is 1.98. The molecule has 0 radical (unpaired) electrons. The van der Waals surface area contributed by atoms with Crippen molar-refractivity contribution in [3.05, 3.63) is 0 Å². The number of hydrogen-bond acceptors (Lipinski definition) is 2. The third kappa shape index (κ3) is 1.92. The Labute approximate surface area is 85.8 Å². The van der Waals surface area contributed by atoms with E-state index in [1.165, 1.54) is 6.42 Å². The summed E-state index contributed by atoms with van der Waals surface area (Å²) in [6, 6.07) is 0. The van der Waals surface area contributed by atoms with Gasteiger partial charge in [-0.1, -0.05) is 13.8 Å². The summed E-state index contributed by atoms with van der Waals surface area (Å²) in [5, 5.41) is 3.16. The van der Waals surface area contributed by atoms with Crippen molar-refractivity contribution in [1.29, 1.82) is 0 Å². The quantitative estimate of drug-likeness (QED) is 0.670. The molecule has 0 spiro atoms. The molecule has 0 unspecified atom stereocenters. The van der Waals surface area contributed by atoms with Crippen molar-refractivity contribution < 1.29 is 4.79 Å². The Morgan fingerprint density at radius 3 is 2.21 bits per heavy atom. The first-order valence-electron chi connectivity index (χ1n) is 5.66. The molecular weight excluding hydrogens is 176 g/mol. The van der Waals surface area contributed by atoms with E-state index in [9.17, 15) is 4.79 Å². The molecule has 0 aromatic rings. The van der Waals surface area contributed by atoms with Gasteiger partial charge in [0, 0.05) is 26.2 Å². The minimum Gasteiger partial charge on any atom is -0.342 e. The van der Waals surface area contributed by atoms with Gasteiger partial charge < -0.3 is 10.2 Å². The van der Waals surface area contributed by atoms with Crippen molar-refractivity contribution in [2.24, 2.45) is 17.8 Å². The van der Waals surface area contributed by atoms with Crippen LogP contribution in [0.25, 0.3) is 0 Å². The Morgan fingerprint density at radius 2 is 1.79 bits per heavy atom. The highest BCUT2D eigenvalue weighted by molar-refractivity contribution is 5.80. The zero-order valence-electron chi connectivity index (χ0n) is 9.12.